The Labute approximate surface area is 82.8 Å². The molecule has 1 aromatic heterocycles. The van der Waals surface area contributed by atoms with E-state index in [9.17, 15) is 4.79 Å². The Kier molecular flexibility index (Phi) is 3.63. The van der Waals surface area contributed by atoms with Crippen molar-refractivity contribution in [3.05, 3.63) is 21.9 Å². The summed E-state index contributed by atoms with van der Waals surface area (Å²) in [5.41, 5.74) is 6.28. The highest BCUT2D eigenvalue weighted by Gasteiger charge is 2.16. The highest BCUT2D eigenvalue weighted by molar-refractivity contribution is 7.10. The third kappa shape index (κ3) is 2.39. The van der Waals surface area contributed by atoms with Crippen molar-refractivity contribution in [2.24, 2.45) is 11.7 Å². The Morgan fingerprint density at radius 3 is 2.85 bits per heavy atom. The maximum absolute atomic E-state index is 11.8. The molecule has 0 saturated heterocycles. The summed E-state index contributed by atoms with van der Waals surface area (Å²) in [5.74, 6) is 0.280. The van der Waals surface area contributed by atoms with E-state index in [1.807, 2.05) is 25.3 Å². The van der Waals surface area contributed by atoms with Crippen LogP contribution in [-0.2, 0) is 0 Å². The molecular formula is C10H15NOS. The van der Waals surface area contributed by atoms with E-state index in [1.165, 1.54) is 0 Å². The summed E-state index contributed by atoms with van der Waals surface area (Å²) in [7, 11) is 0. The summed E-state index contributed by atoms with van der Waals surface area (Å²) in [4.78, 5) is 12.9. The first kappa shape index (κ1) is 10.4. The van der Waals surface area contributed by atoms with Gasteiger partial charge < -0.3 is 5.73 Å². The predicted octanol–water partition coefficient (Wildman–Crippen LogP) is 2.22. The van der Waals surface area contributed by atoms with E-state index in [2.05, 4.69) is 0 Å². The van der Waals surface area contributed by atoms with Crippen molar-refractivity contribution in [1.82, 2.24) is 0 Å². The van der Waals surface area contributed by atoms with Gasteiger partial charge in [0.15, 0.2) is 5.78 Å². The average molecular weight is 197 g/mol. The fourth-order valence-electron chi connectivity index (χ4n) is 1.29. The number of carbonyl (C=O) groups excluding carboxylic acids is 1. The van der Waals surface area contributed by atoms with E-state index >= 15 is 0 Å². The second-order valence-electron chi connectivity index (χ2n) is 3.23. The standard InChI is InChI=1S/C10H15NOS/c1-7(3-5-11)10(12)9-4-6-13-8(9)2/h4,6-7H,3,5,11H2,1-2H3. The molecule has 0 aliphatic rings. The average Bonchev–Trinajstić information content (AvgIpc) is 2.50. The lowest BCUT2D eigenvalue weighted by Crippen LogP contribution is -2.15. The number of nitrogens with two attached hydrogens (primary N) is 1. The first-order valence-corrected chi connectivity index (χ1v) is 5.33. The minimum atomic E-state index is 0.0540. The van der Waals surface area contributed by atoms with Gasteiger partial charge in [-0.15, -0.1) is 11.3 Å². The molecule has 0 aromatic carbocycles. The number of rotatable bonds is 4. The SMILES string of the molecule is Cc1sccc1C(=O)C(C)CCN. The Morgan fingerprint density at radius 2 is 2.38 bits per heavy atom. The smallest absolute Gasteiger partial charge is 0.166 e. The quantitative estimate of drug-likeness (QED) is 0.752. The highest BCUT2D eigenvalue weighted by Crippen LogP contribution is 2.19. The van der Waals surface area contributed by atoms with Crippen LogP contribution in [0.25, 0.3) is 0 Å². The molecule has 1 atom stereocenters. The van der Waals surface area contributed by atoms with Crippen molar-refractivity contribution in [3.63, 3.8) is 0 Å². The van der Waals surface area contributed by atoms with Gasteiger partial charge in [0.05, 0.1) is 0 Å². The zero-order valence-corrected chi connectivity index (χ0v) is 8.86. The van der Waals surface area contributed by atoms with Gasteiger partial charge in [-0.1, -0.05) is 6.92 Å². The van der Waals surface area contributed by atoms with Crippen LogP contribution in [0, 0.1) is 12.8 Å². The van der Waals surface area contributed by atoms with Crippen molar-refractivity contribution in [1.29, 1.82) is 0 Å². The number of aryl methyl sites for hydroxylation is 1. The number of thiophene rings is 1. The molecule has 1 aromatic rings. The molecular weight excluding hydrogens is 182 g/mol. The summed E-state index contributed by atoms with van der Waals surface area (Å²) >= 11 is 1.62. The monoisotopic (exact) mass is 197 g/mol. The van der Waals surface area contributed by atoms with E-state index < -0.39 is 0 Å². The molecule has 0 radical (unpaired) electrons. The molecule has 3 heteroatoms. The molecule has 1 heterocycles. The van der Waals surface area contributed by atoms with Crippen molar-refractivity contribution < 1.29 is 4.79 Å². The van der Waals surface area contributed by atoms with Gasteiger partial charge in [0.1, 0.15) is 0 Å². The van der Waals surface area contributed by atoms with Gasteiger partial charge in [-0.3, -0.25) is 4.79 Å². The van der Waals surface area contributed by atoms with Crippen molar-refractivity contribution in [3.8, 4) is 0 Å². The van der Waals surface area contributed by atoms with Crippen LogP contribution in [0.4, 0.5) is 0 Å². The Bertz CT molecular complexity index is 293. The molecule has 0 spiro atoms. The van der Waals surface area contributed by atoms with Gasteiger partial charge in [-0.05, 0) is 31.3 Å². The van der Waals surface area contributed by atoms with Crippen molar-refractivity contribution in [2.75, 3.05) is 6.54 Å². The van der Waals surface area contributed by atoms with E-state index in [0.29, 0.717) is 6.54 Å². The van der Waals surface area contributed by atoms with Crippen LogP contribution in [0.5, 0.6) is 0 Å². The third-order valence-corrected chi connectivity index (χ3v) is 3.02. The van der Waals surface area contributed by atoms with Crippen LogP contribution in [0.15, 0.2) is 11.4 Å². The fourth-order valence-corrected chi connectivity index (χ4v) is 1.99. The molecule has 2 N–H and O–H groups in total. The van der Waals surface area contributed by atoms with Gasteiger partial charge in [0.2, 0.25) is 0 Å². The molecule has 0 saturated carbocycles. The first-order chi connectivity index (χ1) is 6.16. The highest BCUT2D eigenvalue weighted by atomic mass is 32.1. The van der Waals surface area contributed by atoms with E-state index in [4.69, 9.17) is 5.73 Å². The predicted molar refractivity (Wildman–Crippen MR) is 56.2 cm³/mol. The van der Waals surface area contributed by atoms with Gasteiger partial charge in [0, 0.05) is 16.4 Å². The summed E-state index contributed by atoms with van der Waals surface area (Å²) in [6.45, 7) is 4.50. The van der Waals surface area contributed by atoms with Gasteiger partial charge in [-0.2, -0.15) is 0 Å². The Morgan fingerprint density at radius 1 is 1.69 bits per heavy atom. The minimum Gasteiger partial charge on any atom is -0.330 e. The normalized spacial score (nSPS) is 12.8. The number of hydrogen-bond acceptors (Lipinski definition) is 3. The molecule has 0 aliphatic carbocycles. The molecule has 2 nitrogen and oxygen atoms in total. The van der Waals surface area contributed by atoms with Crippen LogP contribution < -0.4 is 5.73 Å². The van der Waals surface area contributed by atoms with Crippen LogP contribution in [-0.4, -0.2) is 12.3 Å². The molecule has 1 unspecified atom stereocenters. The lowest BCUT2D eigenvalue weighted by molar-refractivity contribution is 0.0925. The zero-order valence-electron chi connectivity index (χ0n) is 8.04. The number of ketones is 1. The van der Waals surface area contributed by atoms with Gasteiger partial charge in [-0.25, -0.2) is 0 Å². The van der Waals surface area contributed by atoms with E-state index in [1.54, 1.807) is 11.3 Å². The summed E-state index contributed by atoms with van der Waals surface area (Å²) in [5, 5.41) is 1.96. The molecule has 0 amide bonds. The molecule has 0 fully saturated rings. The lowest BCUT2D eigenvalue weighted by atomic mass is 9.97. The molecule has 13 heavy (non-hydrogen) atoms. The van der Waals surface area contributed by atoms with Crippen LogP contribution in [0.1, 0.15) is 28.6 Å². The molecule has 0 aliphatic heterocycles. The first-order valence-electron chi connectivity index (χ1n) is 4.45. The zero-order chi connectivity index (χ0) is 9.84. The number of Topliss-reactive ketones (excluding diaryl/α,β-unsaturated/α-hetero) is 1. The fraction of sp³-hybridized carbons (Fsp3) is 0.500. The maximum Gasteiger partial charge on any atom is 0.166 e. The minimum absolute atomic E-state index is 0.0540. The van der Waals surface area contributed by atoms with Gasteiger partial charge in [0.25, 0.3) is 0 Å². The van der Waals surface area contributed by atoms with Crippen LogP contribution in [0.3, 0.4) is 0 Å². The second-order valence-corrected chi connectivity index (χ2v) is 4.35. The molecule has 72 valence electrons. The molecule has 0 bridgehead atoms. The maximum atomic E-state index is 11.8. The number of carbonyl (C=O) groups is 1. The second kappa shape index (κ2) is 4.53. The third-order valence-electron chi connectivity index (χ3n) is 2.17. The molecule has 1 rings (SSSR count). The Balaban J connectivity index is 2.73. The Hall–Kier alpha value is -0.670. The van der Waals surface area contributed by atoms with E-state index in [0.717, 1.165) is 16.9 Å². The summed E-state index contributed by atoms with van der Waals surface area (Å²) < 4.78 is 0. The van der Waals surface area contributed by atoms with Gasteiger partial charge >= 0.3 is 0 Å². The summed E-state index contributed by atoms with van der Waals surface area (Å²) in [6.07, 6.45) is 0.772. The van der Waals surface area contributed by atoms with Crippen molar-refractivity contribution >= 4 is 17.1 Å². The van der Waals surface area contributed by atoms with Crippen LogP contribution >= 0.6 is 11.3 Å². The lowest BCUT2D eigenvalue weighted by Gasteiger charge is -2.07. The van der Waals surface area contributed by atoms with Crippen LogP contribution in [0.2, 0.25) is 0 Å². The van der Waals surface area contributed by atoms with Crippen molar-refractivity contribution in [2.45, 2.75) is 20.3 Å². The largest absolute Gasteiger partial charge is 0.330 e. The number of hydrogen-bond donors (Lipinski definition) is 1. The topological polar surface area (TPSA) is 43.1 Å². The van der Waals surface area contributed by atoms with E-state index in [-0.39, 0.29) is 11.7 Å². The summed E-state index contributed by atoms with van der Waals surface area (Å²) in [6, 6.07) is 1.90.